The van der Waals surface area contributed by atoms with Gasteiger partial charge in [-0.2, -0.15) is 18.3 Å². The Kier molecular flexibility index (Phi) is 5.33. The first kappa shape index (κ1) is 20.2. The Labute approximate surface area is 174 Å². The summed E-state index contributed by atoms with van der Waals surface area (Å²) < 4.78 is 41.1. The number of piperidine rings is 1. The molecule has 0 unspecified atom stereocenters. The van der Waals surface area contributed by atoms with Crippen molar-refractivity contribution in [3.63, 3.8) is 0 Å². The second-order valence-electron chi connectivity index (χ2n) is 7.33. The highest BCUT2D eigenvalue weighted by molar-refractivity contribution is 7.20. The van der Waals surface area contributed by atoms with Gasteiger partial charge >= 0.3 is 6.18 Å². The largest absolute Gasteiger partial charge is 0.393 e. The number of fused-ring (bicyclic) bond motifs is 1. The Morgan fingerprint density at radius 1 is 1.31 bits per heavy atom. The number of hydrogen-bond donors (Lipinski definition) is 0. The molecule has 0 saturated carbocycles. The zero-order valence-corrected chi connectivity index (χ0v) is 17.2. The van der Waals surface area contributed by atoms with E-state index in [1.165, 1.54) is 16.2 Å². The van der Waals surface area contributed by atoms with Crippen LogP contribution in [0.1, 0.15) is 33.8 Å². The van der Waals surface area contributed by atoms with Crippen LogP contribution in [0.2, 0.25) is 5.02 Å². The van der Waals surface area contributed by atoms with Crippen molar-refractivity contribution < 1.29 is 18.0 Å². The maximum Gasteiger partial charge on any atom is 0.393 e. The van der Waals surface area contributed by atoms with Gasteiger partial charge in [-0.25, -0.2) is 0 Å². The van der Waals surface area contributed by atoms with Crippen LogP contribution in [0.3, 0.4) is 0 Å². The molecule has 29 heavy (non-hydrogen) atoms. The highest BCUT2D eigenvalue weighted by atomic mass is 35.5. The van der Waals surface area contributed by atoms with Crippen molar-refractivity contribution >= 4 is 39.1 Å². The van der Waals surface area contributed by atoms with Crippen LogP contribution >= 0.6 is 22.9 Å². The maximum atomic E-state index is 13.1. The fourth-order valence-electron chi connectivity index (χ4n) is 3.67. The molecular weight excluding hydrogens is 423 g/mol. The van der Waals surface area contributed by atoms with Crippen molar-refractivity contribution in [1.82, 2.24) is 14.7 Å². The van der Waals surface area contributed by atoms with Gasteiger partial charge in [-0.05, 0) is 43.5 Å². The van der Waals surface area contributed by atoms with E-state index in [1.807, 2.05) is 23.7 Å². The second-order valence-corrected chi connectivity index (χ2v) is 8.80. The first-order valence-corrected chi connectivity index (χ1v) is 10.5. The lowest BCUT2D eigenvalue weighted by Crippen LogP contribution is -2.44. The van der Waals surface area contributed by atoms with E-state index in [9.17, 15) is 18.0 Å². The van der Waals surface area contributed by atoms with E-state index in [2.05, 4.69) is 5.10 Å². The Morgan fingerprint density at radius 2 is 2.03 bits per heavy atom. The Morgan fingerprint density at radius 3 is 2.72 bits per heavy atom. The van der Waals surface area contributed by atoms with Crippen LogP contribution in [0.25, 0.3) is 10.2 Å². The van der Waals surface area contributed by atoms with E-state index < -0.39 is 12.1 Å². The molecule has 0 bridgehead atoms. The van der Waals surface area contributed by atoms with Crippen molar-refractivity contribution in [2.45, 2.75) is 32.5 Å². The summed E-state index contributed by atoms with van der Waals surface area (Å²) in [4.78, 5) is 15.5. The molecule has 1 aromatic carbocycles. The number of carbonyl (C=O) groups is 1. The van der Waals surface area contributed by atoms with Gasteiger partial charge in [0, 0.05) is 23.5 Å². The lowest BCUT2D eigenvalue weighted by atomic mass is 9.97. The van der Waals surface area contributed by atoms with Crippen molar-refractivity contribution in [1.29, 1.82) is 0 Å². The smallest absolute Gasteiger partial charge is 0.337 e. The van der Waals surface area contributed by atoms with Crippen LogP contribution in [-0.2, 0) is 6.54 Å². The lowest BCUT2D eigenvalue weighted by Gasteiger charge is -2.33. The first-order valence-electron chi connectivity index (χ1n) is 9.30. The molecule has 1 amide bonds. The molecule has 3 heterocycles. The number of alkyl halides is 3. The number of thiophene rings is 1. The van der Waals surface area contributed by atoms with Crippen LogP contribution in [0.4, 0.5) is 13.2 Å². The Bertz CT molecular complexity index is 1040. The third-order valence-electron chi connectivity index (χ3n) is 5.24. The van der Waals surface area contributed by atoms with Gasteiger partial charge in [0.05, 0.1) is 23.0 Å². The quantitative estimate of drug-likeness (QED) is 0.536. The molecule has 154 valence electrons. The average Bonchev–Trinajstić information content (AvgIpc) is 3.24. The van der Waals surface area contributed by atoms with Gasteiger partial charge in [0.25, 0.3) is 5.91 Å². The number of likely N-dealkylation sites (tertiary alicyclic amines) is 1. The topological polar surface area (TPSA) is 38.1 Å². The monoisotopic (exact) mass is 441 g/mol. The van der Waals surface area contributed by atoms with E-state index in [0.29, 0.717) is 29.4 Å². The molecule has 1 saturated heterocycles. The number of rotatable bonds is 3. The highest BCUT2D eigenvalue weighted by Crippen LogP contribution is 2.35. The van der Waals surface area contributed by atoms with Gasteiger partial charge in [-0.1, -0.05) is 23.7 Å². The van der Waals surface area contributed by atoms with Crippen LogP contribution in [0.15, 0.2) is 30.3 Å². The van der Waals surface area contributed by atoms with Crippen LogP contribution < -0.4 is 0 Å². The summed E-state index contributed by atoms with van der Waals surface area (Å²) in [5, 5.41) is 6.05. The fourth-order valence-corrected chi connectivity index (χ4v) is 4.93. The van der Waals surface area contributed by atoms with Crippen molar-refractivity contribution in [2.75, 3.05) is 13.1 Å². The molecule has 1 aliphatic rings. The summed E-state index contributed by atoms with van der Waals surface area (Å²) >= 11 is 7.21. The van der Waals surface area contributed by atoms with E-state index in [-0.39, 0.29) is 18.9 Å². The standard InChI is InChI=1S/C20H19ClF3N3OS/c1-12-16-9-17(18(28)26-8-2-3-14(11-26)20(22,23)24)29-19(16)27(25-12)10-13-4-6-15(21)7-5-13/h4-7,9,14H,2-3,8,10-11H2,1H3/t14-/m1/s1. The van der Waals surface area contributed by atoms with E-state index in [0.717, 1.165) is 21.5 Å². The second kappa shape index (κ2) is 7.65. The Balaban J connectivity index is 1.58. The van der Waals surface area contributed by atoms with Crippen molar-refractivity contribution in [3.8, 4) is 0 Å². The Hall–Kier alpha value is -2.06. The number of halogens is 4. The van der Waals surface area contributed by atoms with Gasteiger partial charge in [0.2, 0.25) is 0 Å². The van der Waals surface area contributed by atoms with Gasteiger partial charge in [0.15, 0.2) is 0 Å². The summed E-state index contributed by atoms with van der Waals surface area (Å²) in [7, 11) is 0. The molecule has 0 radical (unpaired) electrons. The van der Waals surface area contributed by atoms with Crippen LogP contribution in [0.5, 0.6) is 0 Å². The molecule has 0 spiro atoms. The van der Waals surface area contributed by atoms with Gasteiger partial charge in [-0.15, -0.1) is 11.3 Å². The molecular formula is C20H19ClF3N3OS. The molecule has 1 atom stereocenters. The van der Waals surface area contributed by atoms with Gasteiger partial charge in [0.1, 0.15) is 4.83 Å². The summed E-state index contributed by atoms with van der Waals surface area (Å²) in [6.07, 6.45) is -3.83. The molecule has 1 aliphatic heterocycles. The van der Waals surface area contributed by atoms with E-state index >= 15 is 0 Å². The molecule has 1 fully saturated rings. The first-order chi connectivity index (χ1) is 13.7. The SMILES string of the molecule is Cc1nn(Cc2ccc(Cl)cc2)c2sc(C(=O)N3CCC[C@@H](C(F)(F)F)C3)cc12. The zero-order valence-electron chi connectivity index (χ0n) is 15.7. The number of benzene rings is 1. The van der Waals surface area contributed by atoms with E-state index in [4.69, 9.17) is 11.6 Å². The molecule has 2 aromatic heterocycles. The molecule has 0 aliphatic carbocycles. The van der Waals surface area contributed by atoms with E-state index in [1.54, 1.807) is 18.2 Å². The number of hydrogen-bond acceptors (Lipinski definition) is 3. The summed E-state index contributed by atoms with van der Waals surface area (Å²) in [5.74, 6) is -1.78. The van der Waals surface area contributed by atoms with Crippen molar-refractivity contribution in [3.05, 3.63) is 51.5 Å². The third kappa shape index (κ3) is 4.14. The number of carbonyl (C=O) groups excluding carboxylic acids is 1. The van der Waals surface area contributed by atoms with Crippen LogP contribution in [-0.4, -0.2) is 39.9 Å². The predicted octanol–water partition coefficient (Wildman–Crippen LogP) is 5.52. The third-order valence-corrected chi connectivity index (χ3v) is 6.62. The highest BCUT2D eigenvalue weighted by Gasteiger charge is 2.43. The normalized spacial score (nSPS) is 17.8. The number of nitrogens with zero attached hydrogens (tertiary/aromatic N) is 3. The summed E-state index contributed by atoms with van der Waals surface area (Å²) in [6.45, 7) is 2.47. The minimum absolute atomic E-state index is 0.0782. The van der Waals surface area contributed by atoms with Gasteiger partial charge in [-0.3, -0.25) is 9.48 Å². The molecule has 3 aromatic rings. The van der Waals surface area contributed by atoms with Crippen molar-refractivity contribution in [2.24, 2.45) is 5.92 Å². The molecule has 0 N–H and O–H groups in total. The molecule has 4 nitrogen and oxygen atoms in total. The van der Waals surface area contributed by atoms with Crippen LogP contribution in [0, 0.1) is 12.8 Å². The average molecular weight is 442 g/mol. The molecule has 4 rings (SSSR count). The fraction of sp³-hybridized carbons (Fsp3) is 0.400. The predicted molar refractivity (Wildman–Crippen MR) is 108 cm³/mol. The zero-order chi connectivity index (χ0) is 20.8. The number of aromatic nitrogens is 2. The lowest BCUT2D eigenvalue weighted by molar-refractivity contribution is -0.184. The van der Waals surface area contributed by atoms with Gasteiger partial charge < -0.3 is 4.90 Å². The summed E-state index contributed by atoms with van der Waals surface area (Å²) in [6, 6.07) is 9.19. The minimum Gasteiger partial charge on any atom is -0.337 e. The number of amides is 1. The minimum atomic E-state index is -4.27. The maximum absolute atomic E-state index is 13.1. The summed E-state index contributed by atoms with van der Waals surface area (Å²) in [5.41, 5.74) is 1.81. The molecule has 9 heteroatoms. The number of aryl methyl sites for hydroxylation is 1.